The van der Waals surface area contributed by atoms with Crippen molar-refractivity contribution >= 4 is 17.3 Å². The van der Waals surface area contributed by atoms with Crippen molar-refractivity contribution in [2.24, 2.45) is 0 Å². The highest BCUT2D eigenvalue weighted by atomic mass is 16.5. The lowest BCUT2D eigenvalue weighted by Crippen LogP contribution is -2.20. The van der Waals surface area contributed by atoms with Crippen molar-refractivity contribution in [1.82, 2.24) is 0 Å². The topological polar surface area (TPSA) is 73.6 Å². The summed E-state index contributed by atoms with van der Waals surface area (Å²) in [5.74, 6) is 1.000. The molecule has 0 aromatic heterocycles. The van der Waals surface area contributed by atoms with Gasteiger partial charge in [0, 0.05) is 5.69 Å². The third-order valence-electron chi connectivity index (χ3n) is 3.36. The summed E-state index contributed by atoms with van der Waals surface area (Å²) in [6, 6.07) is 10.8. The number of anilines is 2. The monoisotopic (exact) mass is 300 g/mol. The number of aryl methyl sites for hydroxylation is 2. The van der Waals surface area contributed by atoms with Crippen LogP contribution in [0.4, 0.5) is 11.4 Å². The average molecular weight is 300 g/mol. The lowest BCUT2D eigenvalue weighted by atomic mass is 10.1. The summed E-state index contributed by atoms with van der Waals surface area (Å²) in [6.07, 6.45) is 0. The first-order valence-corrected chi connectivity index (χ1v) is 6.93. The lowest BCUT2D eigenvalue weighted by molar-refractivity contribution is -0.118. The standard InChI is InChI=1S/C17H20N2O3/c1-11-4-6-14(8-12(11)2)22-10-17(20)19-13-5-7-16(21-3)15(18)9-13/h4-9H,10,18H2,1-3H3,(H,19,20). The molecule has 0 unspecified atom stereocenters. The van der Waals surface area contributed by atoms with Crippen LogP contribution in [0.3, 0.4) is 0 Å². The van der Waals surface area contributed by atoms with Crippen LogP contribution in [0, 0.1) is 13.8 Å². The van der Waals surface area contributed by atoms with Crippen LogP contribution < -0.4 is 20.5 Å². The highest BCUT2D eigenvalue weighted by molar-refractivity contribution is 5.92. The molecule has 0 fully saturated rings. The molecule has 2 aromatic carbocycles. The van der Waals surface area contributed by atoms with Crippen LogP contribution >= 0.6 is 0 Å². The maximum absolute atomic E-state index is 11.9. The number of carbonyl (C=O) groups is 1. The first-order chi connectivity index (χ1) is 10.5. The summed E-state index contributed by atoms with van der Waals surface area (Å²) in [7, 11) is 1.54. The second kappa shape index (κ2) is 6.85. The smallest absolute Gasteiger partial charge is 0.262 e. The Balaban J connectivity index is 1.92. The van der Waals surface area contributed by atoms with Crippen molar-refractivity contribution in [2.75, 3.05) is 24.8 Å². The highest BCUT2D eigenvalue weighted by Gasteiger charge is 2.06. The predicted octanol–water partition coefficient (Wildman–Crippen LogP) is 2.91. The summed E-state index contributed by atoms with van der Waals surface area (Å²) in [6.45, 7) is 3.97. The number of hydrogen-bond donors (Lipinski definition) is 2. The number of nitrogens with two attached hydrogens (primary N) is 1. The van der Waals surface area contributed by atoms with Crippen molar-refractivity contribution in [3.63, 3.8) is 0 Å². The maximum Gasteiger partial charge on any atom is 0.262 e. The summed E-state index contributed by atoms with van der Waals surface area (Å²) in [5, 5.41) is 2.73. The molecule has 5 nitrogen and oxygen atoms in total. The van der Waals surface area contributed by atoms with Crippen molar-refractivity contribution in [2.45, 2.75) is 13.8 Å². The van der Waals surface area contributed by atoms with Gasteiger partial charge in [-0.1, -0.05) is 6.07 Å². The van der Waals surface area contributed by atoms with Gasteiger partial charge in [-0.05, 0) is 55.3 Å². The van der Waals surface area contributed by atoms with Gasteiger partial charge in [-0.3, -0.25) is 4.79 Å². The molecule has 3 N–H and O–H groups in total. The van der Waals surface area contributed by atoms with Gasteiger partial charge < -0.3 is 20.5 Å². The van der Waals surface area contributed by atoms with E-state index in [-0.39, 0.29) is 12.5 Å². The van der Waals surface area contributed by atoms with Crippen LogP contribution in [-0.4, -0.2) is 19.6 Å². The van der Waals surface area contributed by atoms with E-state index >= 15 is 0 Å². The van der Waals surface area contributed by atoms with Gasteiger partial charge in [0.25, 0.3) is 5.91 Å². The molecule has 0 bridgehead atoms. The first-order valence-electron chi connectivity index (χ1n) is 6.93. The molecule has 0 saturated heterocycles. The van der Waals surface area contributed by atoms with E-state index in [0.29, 0.717) is 22.9 Å². The number of methoxy groups -OCH3 is 1. The van der Waals surface area contributed by atoms with Crippen LogP contribution in [0.25, 0.3) is 0 Å². The molecule has 0 heterocycles. The van der Waals surface area contributed by atoms with Crippen molar-refractivity contribution in [3.05, 3.63) is 47.5 Å². The summed E-state index contributed by atoms with van der Waals surface area (Å²) in [5.41, 5.74) is 9.18. The molecule has 0 spiro atoms. The van der Waals surface area contributed by atoms with Crippen molar-refractivity contribution in [3.8, 4) is 11.5 Å². The van der Waals surface area contributed by atoms with Gasteiger partial charge in [0.05, 0.1) is 12.8 Å². The number of hydrogen-bond acceptors (Lipinski definition) is 4. The fourth-order valence-electron chi connectivity index (χ4n) is 1.96. The summed E-state index contributed by atoms with van der Waals surface area (Å²) < 4.78 is 10.6. The Kier molecular flexibility index (Phi) is 4.88. The van der Waals surface area contributed by atoms with Crippen LogP contribution in [0.15, 0.2) is 36.4 Å². The molecule has 0 saturated carbocycles. The number of rotatable bonds is 5. The number of benzene rings is 2. The first kappa shape index (κ1) is 15.7. The summed E-state index contributed by atoms with van der Waals surface area (Å²) >= 11 is 0. The van der Waals surface area contributed by atoms with Crippen LogP contribution in [0.1, 0.15) is 11.1 Å². The number of nitrogen functional groups attached to an aromatic ring is 1. The molecule has 1 amide bonds. The zero-order chi connectivity index (χ0) is 16.1. The Morgan fingerprint density at radius 3 is 2.55 bits per heavy atom. The molecular weight excluding hydrogens is 280 g/mol. The van der Waals surface area contributed by atoms with Gasteiger partial charge in [0.15, 0.2) is 6.61 Å². The van der Waals surface area contributed by atoms with Gasteiger partial charge in [-0.25, -0.2) is 0 Å². The van der Waals surface area contributed by atoms with Crippen molar-refractivity contribution < 1.29 is 14.3 Å². The Hall–Kier alpha value is -2.69. The Morgan fingerprint density at radius 2 is 1.91 bits per heavy atom. The molecule has 5 heteroatoms. The molecule has 0 aliphatic carbocycles. The maximum atomic E-state index is 11.9. The summed E-state index contributed by atoms with van der Waals surface area (Å²) in [4.78, 5) is 11.9. The van der Waals surface area contributed by atoms with Gasteiger partial charge in [0.2, 0.25) is 0 Å². The molecule has 116 valence electrons. The molecule has 2 rings (SSSR count). The normalized spacial score (nSPS) is 10.1. The Morgan fingerprint density at radius 1 is 1.14 bits per heavy atom. The molecule has 0 atom stereocenters. The SMILES string of the molecule is COc1ccc(NC(=O)COc2ccc(C)c(C)c2)cc1N. The minimum Gasteiger partial charge on any atom is -0.495 e. The van der Waals surface area contributed by atoms with Gasteiger partial charge in [-0.2, -0.15) is 0 Å². The zero-order valence-electron chi connectivity index (χ0n) is 13.0. The quantitative estimate of drug-likeness (QED) is 0.833. The van der Waals surface area contributed by atoms with Crippen LogP contribution in [-0.2, 0) is 4.79 Å². The number of ether oxygens (including phenoxy) is 2. The minimum atomic E-state index is -0.247. The van der Waals surface area contributed by atoms with Gasteiger partial charge in [-0.15, -0.1) is 0 Å². The number of nitrogens with one attached hydrogen (secondary N) is 1. The molecule has 2 aromatic rings. The second-order valence-electron chi connectivity index (χ2n) is 5.04. The third-order valence-corrected chi connectivity index (χ3v) is 3.36. The van der Waals surface area contributed by atoms with E-state index < -0.39 is 0 Å². The molecule has 0 aliphatic heterocycles. The molecule has 22 heavy (non-hydrogen) atoms. The van der Waals surface area contributed by atoms with E-state index in [2.05, 4.69) is 5.32 Å². The largest absolute Gasteiger partial charge is 0.495 e. The van der Waals surface area contributed by atoms with Gasteiger partial charge in [0.1, 0.15) is 11.5 Å². The molecular formula is C17H20N2O3. The van der Waals surface area contributed by atoms with E-state index in [4.69, 9.17) is 15.2 Å². The predicted molar refractivity (Wildman–Crippen MR) is 87.4 cm³/mol. The highest BCUT2D eigenvalue weighted by Crippen LogP contribution is 2.24. The fraction of sp³-hybridized carbons (Fsp3) is 0.235. The van der Waals surface area contributed by atoms with E-state index in [0.717, 1.165) is 5.56 Å². The van der Waals surface area contributed by atoms with E-state index in [1.54, 1.807) is 25.3 Å². The molecule has 0 radical (unpaired) electrons. The van der Waals surface area contributed by atoms with Crippen LogP contribution in [0.2, 0.25) is 0 Å². The van der Waals surface area contributed by atoms with E-state index in [9.17, 15) is 4.79 Å². The fourth-order valence-corrected chi connectivity index (χ4v) is 1.96. The van der Waals surface area contributed by atoms with E-state index in [1.165, 1.54) is 5.56 Å². The van der Waals surface area contributed by atoms with Gasteiger partial charge >= 0.3 is 0 Å². The average Bonchev–Trinajstić information content (AvgIpc) is 2.49. The minimum absolute atomic E-state index is 0.0611. The van der Waals surface area contributed by atoms with Crippen molar-refractivity contribution in [1.29, 1.82) is 0 Å². The molecule has 0 aliphatic rings. The second-order valence-corrected chi connectivity index (χ2v) is 5.04. The Labute approximate surface area is 130 Å². The zero-order valence-corrected chi connectivity index (χ0v) is 13.0. The third kappa shape index (κ3) is 3.91. The van der Waals surface area contributed by atoms with E-state index in [1.807, 2.05) is 32.0 Å². The Bertz CT molecular complexity index is 684. The lowest BCUT2D eigenvalue weighted by Gasteiger charge is -2.10. The number of amides is 1. The van der Waals surface area contributed by atoms with Crippen LogP contribution in [0.5, 0.6) is 11.5 Å². The number of carbonyl (C=O) groups excluding carboxylic acids is 1.